The van der Waals surface area contributed by atoms with Crippen LogP contribution >= 0.6 is 11.3 Å². The van der Waals surface area contributed by atoms with E-state index in [4.69, 9.17) is 0 Å². The zero-order valence-electron chi connectivity index (χ0n) is 14.9. The summed E-state index contributed by atoms with van der Waals surface area (Å²) in [7, 11) is 0. The fraction of sp³-hybridized carbons (Fsp3) is 0.368. The molecule has 1 saturated carbocycles. The largest absolute Gasteiger partial charge is 0.348 e. The van der Waals surface area contributed by atoms with Crippen molar-refractivity contribution < 1.29 is 9.59 Å². The van der Waals surface area contributed by atoms with Gasteiger partial charge in [-0.1, -0.05) is 36.4 Å². The molecule has 0 bridgehead atoms. The zero-order chi connectivity index (χ0) is 18.5. The first kappa shape index (κ1) is 18.3. The number of carbonyl (C=O) groups excluding carboxylic acids is 2. The average Bonchev–Trinajstić information content (AvgIpc) is 3.13. The molecule has 1 N–H and O–H groups in total. The van der Waals surface area contributed by atoms with E-state index in [0.29, 0.717) is 17.8 Å². The van der Waals surface area contributed by atoms with Crippen LogP contribution in [0.1, 0.15) is 43.6 Å². The number of rotatable bonds is 8. The highest BCUT2D eigenvalue weighted by Crippen LogP contribution is 2.30. The third kappa shape index (κ3) is 4.16. The lowest BCUT2D eigenvalue weighted by atomic mass is 10.1. The van der Waals surface area contributed by atoms with E-state index >= 15 is 0 Å². The van der Waals surface area contributed by atoms with Crippen LogP contribution in [0.4, 0.5) is 0 Å². The maximum Gasteiger partial charge on any atom is 0.274 e. The number of carbonyl (C=O) groups is 2. The molecule has 0 saturated heterocycles. The second kappa shape index (κ2) is 8.23. The normalized spacial score (nSPS) is 16.0. The Hall–Kier alpha value is -2.54. The van der Waals surface area contributed by atoms with Gasteiger partial charge in [-0.2, -0.15) is 0 Å². The van der Waals surface area contributed by atoms with Gasteiger partial charge in [-0.3, -0.25) is 4.79 Å². The summed E-state index contributed by atoms with van der Waals surface area (Å²) in [6.45, 7) is 3.77. The highest BCUT2D eigenvalue weighted by molar-refractivity contribution is 7.13. The molecule has 26 heavy (non-hydrogen) atoms. The minimum atomic E-state index is -0.178. The minimum Gasteiger partial charge on any atom is -0.348 e. The fourth-order valence-electron chi connectivity index (χ4n) is 2.53. The van der Waals surface area contributed by atoms with E-state index in [1.807, 2.05) is 49.6 Å². The van der Waals surface area contributed by atoms with Crippen molar-refractivity contribution in [3.05, 3.63) is 41.4 Å². The second-order valence-corrected chi connectivity index (χ2v) is 7.28. The summed E-state index contributed by atoms with van der Waals surface area (Å²) in [6, 6.07) is 4.17. The number of thiophene rings is 1. The molecule has 2 heterocycles. The van der Waals surface area contributed by atoms with Crippen LogP contribution in [-0.2, 0) is 4.79 Å². The van der Waals surface area contributed by atoms with Gasteiger partial charge in [0.2, 0.25) is 0 Å². The van der Waals surface area contributed by atoms with Crippen molar-refractivity contribution >= 4 is 29.2 Å². The first-order chi connectivity index (χ1) is 12.6. The van der Waals surface area contributed by atoms with Crippen LogP contribution in [0.2, 0.25) is 0 Å². The Morgan fingerprint density at radius 2 is 2.31 bits per heavy atom. The number of hydrogen-bond acceptors (Lipinski definition) is 5. The van der Waals surface area contributed by atoms with E-state index in [1.54, 1.807) is 16.0 Å². The Kier molecular flexibility index (Phi) is 5.78. The predicted molar refractivity (Wildman–Crippen MR) is 103 cm³/mol. The Labute approximate surface area is 156 Å². The molecule has 7 heteroatoms. The van der Waals surface area contributed by atoms with Crippen LogP contribution in [-0.4, -0.2) is 33.2 Å². The SMILES string of the molecule is C/C=C(\C/C=C\C(C)C=O)n1nnc(C(=O)NC2CC2)c1-c1cccs1. The standard InChI is InChI=1S/C19H22N4O2S/c1-3-15(7-4-6-13(2)12-24)23-18(16-8-5-11-26-16)17(21-22-23)19(25)20-14-9-10-14/h3-6,8,11-14H,7,9-10H2,1-2H3,(H,20,25)/b6-4-,15-3+. The van der Waals surface area contributed by atoms with Gasteiger partial charge in [-0.15, -0.1) is 16.4 Å². The van der Waals surface area contributed by atoms with Gasteiger partial charge in [-0.05, 0) is 31.2 Å². The van der Waals surface area contributed by atoms with Gasteiger partial charge in [0.05, 0.1) is 4.88 Å². The van der Waals surface area contributed by atoms with Crippen molar-refractivity contribution in [1.29, 1.82) is 0 Å². The van der Waals surface area contributed by atoms with E-state index in [-0.39, 0.29) is 17.9 Å². The van der Waals surface area contributed by atoms with E-state index in [9.17, 15) is 9.59 Å². The van der Waals surface area contributed by atoms with Crippen LogP contribution in [0, 0.1) is 5.92 Å². The summed E-state index contributed by atoms with van der Waals surface area (Å²) >= 11 is 1.55. The summed E-state index contributed by atoms with van der Waals surface area (Å²) in [6.07, 6.45) is 9.29. The molecule has 1 amide bonds. The van der Waals surface area contributed by atoms with E-state index in [0.717, 1.165) is 29.7 Å². The molecule has 1 aliphatic rings. The highest BCUT2D eigenvalue weighted by atomic mass is 32.1. The molecule has 1 fully saturated rings. The monoisotopic (exact) mass is 370 g/mol. The van der Waals surface area contributed by atoms with Gasteiger partial charge in [0.1, 0.15) is 12.0 Å². The summed E-state index contributed by atoms with van der Waals surface area (Å²) in [5, 5.41) is 13.4. The van der Waals surface area contributed by atoms with Crippen LogP contribution < -0.4 is 5.32 Å². The minimum absolute atomic E-state index is 0.125. The number of nitrogens with one attached hydrogen (secondary N) is 1. The van der Waals surface area contributed by atoms with E-state index in [2.05, 4.69) is 15.6 Å². The zero-order valence-corrected chi connectivity index (χ0v) is 15.7. The highest BCUT2D eigenvalue weighted by Gasteiger charge is 2.28. The summed E-state index contributed by atoms with van der Waals surface area (Å²) in [5.74, 6) is -0.303. The van der Waals surface area contributed by atoms with Crippen LogP contribution in [0.15, 0.2) is 35.7 Å². The van der Waals surface area contributed by atoms with Crippen molar-refractivity contribution in [2.45, 2.75) is 39.2 Å². The Morgan fingerprint density at radius 1 is 1.50 bits per heavy atom. The molecule has 0 spiro atoms. The van der Waals surface area contributed by atoms with Crippen LogP contribution in [0.3, 0.4) is 0 Å². The van der Waals surface area contributed by atoms with Crippen LogP contribution in [0.5, 0.6) is 0 Å². The topological polar surface area (TPSA) is 76.9 Å². The van der Waals surface area contributed by atoms with Gasteiger partial charge >= 0.3 is 0 Å². The van der Waals surface area contributed by atoms with Crippen molar-refractivity contribution in [3.63, 3.8) is 0 Å². The number of hydrogen-bond donors (Lipinski definition) is 1. The molecule has 136 valence electrons. The maximum absolute atomic E-state index is 12.6. The lowest BCUT2D eigenvalue weighted by Crippen LogP contribution is -2.26. The lowest BCUT2D eigenvalue weighted by Gasteiger charge is -2.09. The maximum atomic E-state index is 12.6. The molecule has 1 unspecified atom stereocenters. The van der Waals surface area contributed by atoms with Crippen molar-refractivity contribution in [2.24, 2.45) is 5.92 Å². The molecular formula is C19H22N4O2S. The smallest absolute Gasteiger partial charge is 0.274 e. The van der Waals surface area contributed by atoms with Crippen molar-refractivity contribution in [3.8, 4) is 10.6 Å². The number of aldehydes is 1. The fourth-order valence-corrected chi connectivity index (χ4v) is 3.28. The molecule has 2 aromatic heterocycles. The van der Waals surface area contributed by atoms with E-state index < -0.39 is 0 Å². The molecule has 2 aromatic rings. The van der Waals surface area contributed by atoms with Gasteiger partial charge in [-0.25, -0.2) is 4.68 Å². The molecule has 0 aromatic carbocycles. The average molecular weight is 370 g/mol. The summed E-state index contributed by atoms with van der Waals surface area (Å²) < 4.78 is 1.73. The Balaban J connectivity index is 1.92. The Bertz CT molecular complexity index is 832. The quantitative estimate of drug-likeness (QED) is 0.569. The van der Waals surface area contributed by atoms with E-state index in [1.165, 1.54) is 0 Å². The Morgan fingerprint density at radius 3 is 2.92 bits per heavy atom. The number of nitrogens with zero attached hydrogens (tertiary/aromatic N) is 3. The molecule has 1 atom stereocenters. The van der Waals surface area contributed by atoms with Crippen LogP contribution in [0.25, 0.3) is 16.3 Å². The number of aromatic nitrogens is 3. The number of amides is 1. The first-order valence-corrected chi connectivity index (χ1v) is 9.60. The first-order valence-electron chi connectivity index (χ1n) is 8.72. The molecule has 1 aliphatic carbocycles. The molecular weight excluding hydrogens is 348 g/mol. The summed E-state index contributed by atoms with van der Waals surface area (Å²) in [4.78, 5) is 24.3. The van der Waals surface area contributed by atoms with Gasteiger partial charge in [0.25, 0.3) is 5.91 Å². The predicted octanol–water partition coefficient (Wildman–Crippen LogP) is 3.54. The van der Waals surface area contributed by atoms with Crippen molar-refractivity contribution in [1.82, 2.24) is 20.3 Å². The van der Waals surface area contributed by atoms with Gasteiger partial charge < -0.3 is 10.1 Å². The molecule has 3 rings (SSSR count). The second-order valence-electron chi connectivity index (χ2n) is 6.33. The van der Waals surface area contributed by atoms with Gasteiger partial charge in [0.15, 0.2) is 5.69 Å². The molecule has 6 nitrogen and oxygen atoms in total. The molecule has 0 radical (unpaired) electrons. The third-order valence-electron chi connectivity index (χ3n) is 4.14. The summed E-state index contributed by atoms with van der Waals surface area (Å²) in [5.41, 5.74) is 1.97. The molecule has 0 aliphatic heterocycles. The third-order valence-corrected chi connectivity index (χ3v) is 5.02. The van der Waals surface area contributed by atoms with Gasteiger partial charge in [0, 0.05) is 24.1 Å². The number of allylic oxidation sites excluding steroid dienone is 4. The lowest BCUT2D eigenvalue weighted by molar-refractivity contribution is -0.109. The van der Waals surface area contributed by atoms with Crippen molar-refractivity contribution in [2.75, 3.05) is 0 Å².